The van der Waals surface area contributed by atoms with Crippen molar-refractivity contribution in [2.75, 3.05) is 33.3 Å². The highest BCUT2D eigenvalue weighted by atomic mass is 32.2. The summed E-state index contributed by atoms with van der Waals surface area (Å²) in [5.41, 5.74) is 0.407. The first-order chi connectivity index (χ1) is 13.3. The van der Waals surface area contributed by atoms with E-state index >= 15 is 0 Å². The molecule has 1 amide bonds. The number of nitro benzene ring substituents is 1. The van der Waals surface area contributed by atoms with Crippen LogP contribution in [0.1, 0.15) is 30.9 Å². The van der Waals surface area contributed by atoms with E-state index in [0.29, 0.717) is 24.9 Å². The van der Waals surface area contributed by atoms with Crippen molar-refractivity contribution in [3.05, 3.63) is 39.9 Å². The first-order valence-electron chi connectivity index (χ1n) is 9.16. The lowest BCUT2D eigenvalue weighted by atomic mass is 10.0. The lowest BCUT2D eigenvalue weighted by Gasteiger charge is -2.23. The van der Waals surface area contributed by atoms with Crippen LogP contribution in [0.15, 0.2) is 24.3 Å². The minimum atomic E-state index is -3.72. The van der Waals surface area contributed by atoms with Crippen LogP contribution in [0, 0.1) is 10.1 Å². The van der Waals surface area contributed by atoms with Gasteiger partial charge in [0.25, 0.3) is 5.69 Å². The number of hydrogen-bond donors (Lipinski definition) is 1. The monoisotopic (exact) mass is 412 g/mol. The lowest BCUT2D eigenvalue weighted by Crippen LogP contribution is -2.40. The zero-order valence-corrected chi connectivity index (χ0v) is 16.4. The van der Waals surface area contributed by atoms with Gasteiger partial charge in [-0.05, 0) is 18.4 Å². The molecule has 10 nitrogen and oxygen atoms in total. The molecule has 0 radical (unpaired) electrons. The van der Waals surface area contributed by atoms with Crippen LogP contribution in [0.3, 0.4) is 0 Å². The second kappa shape index (κ2) is 8.52. The molecule has 2 aliphatic rings. The molecular weight excluding hydrogens is 388 g/mol. The van der Waals surface area contributed by atoms with Gasteiger partial charge < -0.3 is 4.90 Å². The van der Waals surface area contributed by atoms with E-state index in [1.165, 1.54) is 23.3 Å². The minimum absolute atomic E-state index is 0.0379. The van der Waals surface area contributed by atoms with E-state index in [1.807, 2.05) is 0 Å². The summed E-state index contributed by atoms with van der Waals surface area (Å²) in [5, 5.41) is 11.6. The van der Waals surface area contributed by atoms with Gasteiger partial charge in [-0.15, -0.1) is 0 Å². The average Bonchev–Trinajstić information content (AvgIpc) is 3.25. The summed E-state index contributed by atoms with van der Waals surface area (Å²) in [6.45, 7) is 1.43. The molecule has 3 rings (SSSR count). The number of likely N-dealkylation sites (tertiary alicyclic amines) is 1. The molecule has 0 spiro atoms. The number of rotatable bonds is 8. The first-order valence-corrected chi connectivity index (χ1v) is 10.7. The zero-order valence-electron chi connectivity index (χ0n) is 15.6. The maximum absolute atomic E-state index is 12.8. The van der Waals surface area contributed by atoms with Crippen LogP contribution in [0.5, 0.6) is 0 Å². The van der Waals surface area contributed by atoms with Gasteiger partial charge in [-0.2, -0.15) is 5.06 Å². The van der Waals surface area contributed by atoms with Gasteiger partial charge in [0.2, 0.25) is 15.9 Å². The Kier molecular flexibility index (Phi) is 6.28. The van der Waals surface area contributed by atoms with Gasteiger partial charge in [0.15, 0.2) is 0 Å². The Labute approximate surface area is 163 Å². The number of sulfonamides is 1. The fourth-order valence-electron chi connectivity index (χ4n) is 3.63. The molecule has 1 aromatic carbocycles. The highest BCUT2D eigenvalue weighted by Gasteiger charge is 2.43. The molecule has 0 bridgehead atoms. The Balaban J connectivity index is 1.65. The van der Waals surface area contributed by atoms with Gasteiger partial charge in [0.1, 0.15) is 5.25 Å². The van der Waals surface area contributed by atoms with Crippen LogP contribution in [0.25, 0.3) is 0 Å². The Morgan fingerprint density at radius 3 is 2.86 bits per heavy atom. The zero-order chi connectivity index (χ0) is 20.3. The van der Waals surface area contributed by atoms with Gasteiger partial charge in [0.05, 0.1) is 17.6 Å². The number of hydrogen-bond acceptors (Lipinski definition) is 7. The number of carbonyl (C=O) groups excluding carboxylic acids is 1. The Morgan fingerprint density at radius 2 is 2.18 bits per heavy atom. The van der Waals surface area contributed by atoms with Crippen molar-refractivity contribution >= 4 is 21.6 Å². The number of hydroxylamine groups is 2. The molecule has 1 aromatic rings. The fourth-order valence-corrected chi connectivity index (χ4v) is 5.19. The number of amides is 1. The fraction of sp³-hybridized carbons (Fsp3) is 0.588. The van der Waals surface area contributed by atoms with Gasteiger partial charge >= 0.3 is 0 Å². The van der Waals surface area contributed by atoms with E-state index < -0.39 is 26.2 Å². The maximum atomic E-state index is 12.8. The second-order valence-corrected chi connectivity index (χ2v) is 8.94. The van der Waals surface area contributed by atoms with Crippen LogP contribution in [-0.4, -0.2) is 67.8 Å². The van der Waals surface area contributed by atoms with Gasteiger partial charge in [-0.1, -0.05) is 12.1 Å². The molecule has 2 aliphatic heterocycles. The molecule has 2 saturated heterocycles. The van der Waals surface area contributed by atoms with Crippen LogP contribution >= 0.6 is 0 Å². The standard InChI is InChI=1S/C17H24N4O6S/c1-19-17(13-5-2-6-14(11-13)21(23)24)15(12-27-19)28(25,26)18-8-4-10-20-9-3-7-16(20)22/h2,5-6,11,15,17-18H,3-4,7-10,12H2,1H3. The highest BCUT2D eigenvalue weighted by Crippen LogP contribution is 2.34. The van der Waals surface area contributed by atoms with Crippen LogP contribution in [0.2, 0.25) is 0 Å². The molecular formula is C17H24N4O6S. The molecule has 0 saturated carbocycles. The molecule has 28 heavy (non-hydrogen) atoms. The summed E-state index contributed by atoms with van der Waals surface area (Å²) < 4.78 is 28.2. The molecule has 0 aliphatic carbocycles. The summed E-state index contributed by atoms with van der Waals surface area (Å²) in [4.78, 5) is 29.3. The molecule has 1 N–H and O–H groups in total. The van der Waals surface area contributed by atoms with Gasteiger partial charge in [-0.25, -0.2) is 13.1 Å². The summed E-state index contributed by atoms with van der Waals surface area (Å²) in [6, 6.07) is 5.27. The number of carbonyl (C=O) groups is 1. The molecule has 2 atom stereocenters. The van der Waals surface area contributed by atoms with Crippen molar-refractivity contribution in [3.63, 3.8) is 0 Å². The third kappa shape index (κ3) is 4.49. The molecule has 154 valence electrons. The Morgan fingerprint density at radius 1 is 1.39 bits per heavy atom. The highest BCUT2D eigenvalue weighted by molar-refractivity contribution is 7.90. The van der Waals surface area contributed by atoms with Crippen molar-refractivity contribution < 1.29 is 23.0 Å². The Hall–Kier alpha value is -2.08. The summed E-state index contributed by atoms with van der Waals surface area (Å²) >= 11 is 0. The SMILES string of the molecule is CN1OCC(S(=O)(=O)NCCCN2CCCC2=O)C1c1cccc([N+](=O)[O-])c1. The first kappa shape index (κ1) is 20.6. The van der Waals surface area contributed by atoms with Crippen LogP contribution < -0.4 is 4.72 Å². The summed E-state index contributed by atoms with van der Waals surface area (Å²) in [7, 11) is -2.11. The summed E-state index contributed by atoms with van der Waals surface area (Å²) in [6.07, 6.45) is 1.93. The average molecular weight is 412 g/mol. The molecule has 0 aromatic heterocycles. The lowest BCUT2D eigenvalue weighted by molar-refractivity contribution is -0.385. The van der Waals surface area contributed by atoms with Crippen molar-refractivity contribution in [2.24, 2.45) is 0 Å². The predicted molar refractivity (Wildman–Crippen MR) is 101 cm³/mol. The minimum Gasteiger partial charge on any atom is -0.343 e. The molecule has 2 fully saturated rings. The van der Waals surface area contributed by atoms with Gasteiger partial charge in [0, 0.05) is 45.2 Å². The van der Waals surface area contributed by atoms with Gasteiger partial charge in [-0.3, -0.25) is 19.7 Å². The van der Waals surface area contributed by atoms with Crippen molar-refractivity contribution in [3.8, 4) is 0 Å². The molecule has 2 unspecified atom stereocenters. The predicted octanol–water partition coefficient (Wildman–Crippen LogP) is 0.813. The topological polar surface area (TPSA) is 122 Å². The molecule has 2 heterocycles. The van der Waals surface area contributed by atoms with E-state index in [9.17, 15) is 23.3 Å². The van der Waals surface area contributed by atoms with Crippen molar-refractivity contribution in [1.29, 1.82) is 0 Å². The number of nitro groups is 1. The van der Waals surface area contributed by atoms with Crippen LogP contribution in [-0.2, 0) is 19.7 Å². The maximum Gasteiger partial charge on any atom is 0.269 e. The normalized spacial score (nSPS) is 23.5. The van der Waals surface area contributed by atoms with Crippen molar-refractivity contribution in [2.45, 2.75) is 30.6 Å². The third-order valence-corrected chi connectivity index (χ3v) is 6.88. The third-order valence-electron chi connectivity index (χ3n) is 5.09. The second-order valence-electron chi connectivity index (χ2n) is 6.95. The summed E-state index contributed by atoms with van der Waals surface area (Å²) in [5.74, 6) is 0.111. The number of benzene rings is 1. The van der Waals surface area contributed by atoms with E-state index in [0.717, 1.165) is 13.0 Å². The number of non-ortho nitro benzene ring substituents is 1. The van der Waals surface area contributed by atoms with E-state index in [1.54, 1.807) is 18.0 Å². The van der Waals surface area contributed by atoms with Crippen molar-refractivity contribution in [1.82, 2.24) is 14.7 Å². The van der Waals surface area contributed by atoms with E-state index in [4.69, 9.17) is 4.84 Å². The Bertz CT molecular complexity index is 846. The van der Waals surface area contributed by atoms with E-state index in [2.05, 4.69) is 4.72 Å². The number of nitrogens with one attached hydrogen (secondary N) is 1. The largest absolute Gasteiger partial charge is 0.343 e. The molecule has 11 heteroatoms. The van der Waals surface area contributed by atoms with Crippen LogP contribution in [0.4, 0.5) is 5.69 Å². The number of nitrogens with zero attached hydrogens (tertiary/aromatic N) is 3. The quantitative estimate of drug-likeness (QED) is 0.381. The smallest absolute Gasteiger partial charge is 0.269 e. The van der Waals surface area contributed by atoms with E-state index in [-0.39, 0.29) is 24.7 Å².